The molecule has 2 N–H and O–H groups in total. The van der Waals surface area contributed by atoms with E-state index in [-0.39, 0.29) is 12.5 Å². The number of hydrogen-bond donors (Lipinski definition) is 2. The SMILES string of the molecule is Cc1ccc2ncc(C(=O)NCC3(O)CCc4ccccc43)n2c1. The highest BCUT2D eigenvalue weighted by Gasteiger charge is 2.36. The second kappa shape index (κ2) is 5.46. The highest BCUT2D eigenvalue weighted by molar-refractivity contribution is 5.93. The fraction of sp³-hybridized carbons (Fsp3) is 0.263. The molecule has 122 valence electrons. The molecule has 2 aromatic heterocycles. The van der Waals surface area contributed by atoms with Gasteiger partial charge < -0.3 is 10.4 Å². The first kappa shape index (κ1) is 14.9. The monoisotopic (exact) mass is 321 g/mol. The molecule has 0 saturated heterocycles. The first-order valence-electron chi connectivity index (χ1n) is 8.09. The Balaban J connectivity index is 1.56. The van der Waals surface area contributed by atoms with E-state index >= 15 is 0 Å². The summed E-state index contributed by atoms with van der Waals surface area (Å²) in [5.74, 6) is -0.231. The van der Waals surface area contributed by atoms with Gasteiger partial charge in [0, 0.05) is 6.20 Å². The van der Waals surface area contributed by atoms with Gasteiger partial charge in [0.25, 0.3) is 5.91 Å². The van der Waals surface area contributed by atoms with Crippen molar-refractivity contribution >= 4 is 11.6 Å². The van der Waals surface area contributed by atoms with Crippen LogP contribution in [0.2, 0.25) is 0 Å². The van der Waals surface area contributed by atoms with E-state index in [0.29, 0.717) is 12.1 Å². The van der Waals surface area contributed by atoms with Gasteiger partial charge in [0.05, 0.1) is 12.7 Å². The Bertz CT molecular complexity index is 931. The van der Waals surface area contributed by atoms with Gasteiger partial charge in [-0.25, -0.2) is 4.98 Å². The first-order chi connectivity index (χ1) is 11.6. The van der Waals surface area contributed by atoms with Crippen LogP contribution in [0.25, 0.3) is 5.65 Å². The zero-order valence-electron chi connectivity index (χ0n) is 13.5. The van der Waals surface area contributed by atoms with E-state index in [1.807, 2.05) is 49.5 Å². The number of carbonyl (C=O) groups excluding carboxylic acids is 1. The molecule has 1 aliphatic rings. The number of aromatic nitrogens is 2. The smallest absolute Gasteiger partial charge is 0.270 e. The Morgan fingerprint density at radius 2 is 2.17 bits per heavy atom. The fourth-order valence-electron chi connectivity index (χ4n) is 3.42. The maximum atomic E-state index is 12.6. The zero-order valence-corrected chi connectivity index (χ0v) is 13.5. The first-order valence-corrected chi connectivity index (χ1v) is 8.09. The Labute approximate surface area is 140 Å². The Morgan fingerprint density at radius 3 is 3.04 bits per heavy atom. The molecule has 1 atom stereocenters. The number of hydrogen-bond acceptors (Lipinski definition) is 3. The van der Waals surface area contributed by atoms with Crippen LogP contribution >= 0.6 is 0 Å². The highest BCUT2D eigenvalue weighted by Crippen LogP contribution is 2.36. The molecule has 5 nitrogen and oxygen atoms in total. The minimum absolute atomic E-state index is 0.196. The summed E-state index contributed by atoms with van der Waals surface area (Å²) in [6.07, 6.45) is 4.91. The number of carbonyl (C=O) groups is 1. The number of benzene rings is 1. The van der Waals surface area contributed by atoms with Crippen LogP contribution < -0.4 is 5.32 Å². The van der Waals surface area contributed by atoms with Crippen LogP contribution in [0.4, 0.5) is 0 Å². The lowest BCUT2D eigenvalue weighted by Crippen LogP contribution is -2.39. The molecule has 0 radical (unpaired) electrons. The third-order valence-electron chi connectivity index (χ3n) is 4.75. The topological polar surface area (TPSA) is 66.6 Å². The normalized spacial score (nSPS) is 19.4. The Kier molecular flexibility index (Phi) is 3.39. The van der Waals surface area contributed by atoms with Crippen LogP contribution in [0.15, 0.2) is 48.8 Å². The molecule has 5 heteroatoms. The molecule has 0 aliphatic heterocycles. The Hall–Kier alpha value is -2.66. The maximum Gasteiger partial charge on any atom is 0.270 e. The standard InChI is InChI=1S/C19H19N3O2/c1-13-6-7-17-20-10-16(22(17)11-13)18(23)21-12-19(24)9-8-14-4-2-3-5-15(14)19/h2-7,10-11,24H,8-9,12H2,1H3,(H,21,23). The lowest BCUT2D eigenvalue weighted by Gasteiger charge is -2.24. The van der Waals surface area contributed by atoms with Crippen molar-refractivity contribution < 1.29 is 9.90 Å². The van der Waals surface area contributed by atoms with Gasteiger partial charge in [0.1, 0.15) is 16.9 Å². The largest absolute Gasteiger partial charge is 0.383 e. The number of nitrogens with zero attached hydrogens (tertiary/aromatic N) is 2. The number of rotatable bonds is 3. The molecule has 1 aromatic carbocycles. The van der Waals surface area contributed by atoms with Crippen molar-refractivity contribution in [3.63, 3.8) is 0 Å². The second-order valence-electron chi connectivity index (χ2n) is 6.45. The van der Waals surface area contributed by atoms with Crippen LogP contribution in [0.3, 0.4) is 0 Å². The molecule has 24 heavy (non-hydrogen) atoms. The van der Waals surface area contributed by atoms with Crippen molar-refractivity contribution in [3.05, 3.63) is 71.2 Å². The number of imidazole rings is 1. The average molecular weight is 321 g/mol. The quantitative estimate of drug-likeness (QED) is 0.777. The predicted molar refractivity (Wildman–Crippen MR) is 90.9 cm³/mol. The summed E-state index contributed by atoms with van der Waals surface area (Å²) in [6.45, 7) is 2.17. The van der Waals surface area contributed by atoms with E-state index in [4.69, 9.17) is 0 Å². The average Bonchev–Trinajstić information content (AvgIpc) is 3.15. The van der Waals surface area contributed by atoms with Crippen LogP contribution in [-0.2, 0) is 12.0 Å². The molecule has 1 unspecified atom stereocenters. The molecule has 1 amide bonds. The lowest BCUT2D eigenvalue weighted by atomic mass is 9.96. The fourth-order valence-corrected chi connectivity index (χ4v) is 3.42. The summed E-state index contributed by atoms with van der Waals surface area (Å²) in [6, 6.07) is 11.7. The van der Waals surface area contributed by atoms with Crippen molar-refractivity contribution in [1.82, 2.24) is 14.7 Å². The zero-order chi connectivity index (χ0) is 16.7. The maximum absolute atomic E-state index is 12.6. The third kappa shape index (κ3) is 2.37. The van der Waals surface area contributed by atoms with E-state index in [1.54, 1.807) is 10.6 Å². The van der Waals surface area contributed by atoms with Crippen molar-refractivity contribution in [3.8, 4) is 0 Å². The van der Waals surface area contributed by atoms with E-state index in [9.17, 15) is 9.90 Å². The number of amides is 1. The summed E-state index contributed by atoms with van der Waals surface area (Å²) in [4.78, 5) is 16.8. The van der Waals surface area contributed by atoms with Gasteiger partial charge >= 0.3 is 0 Å². The van der Waals surface area contributed by atoms with Crippen LogP contribution in [0.1, 0.15) is 33.6 Å². The van der Waals surface area contributed by atoms with Gasteiger partial charge in [0.2, 0.25) is 0 Å². The molecular formula is C19H19N3O2. The Morgan fingerprint density at radius 1 is 1.33 bits per heavy atom. The summed E-state index contributed by atoms with van der Waals surface area (Å²) in [5.41, 5.74) is 3.33. The third-order valence-corrected chi connectivity index (χ3v) is 4.75. The lowest BCUT2D eigenvalue weighted by molar-refractivity contribution is 0.0368. The number of aliphatic hydroxyl groups is 1. The van der Waals surface area contributed by atoms with Crippen molar-refractivity contribution in [2.75, 3.05) is 6.54 Å². The summed E-state index contributed by atoms with van der Waals surface area (Å²) < 4.78 is 1.78. The van der Waals surface area contributed by atoms with Gasteiger partial charge in [-0.15, -0.1) is 0 Å². The molecule has 0 fully saturated rings. The highest BCUT2D eigenvalue weighted by atomic mass is 16.3. The van der Waals surface area contributed by atoms with E-state index in [0.717, 1.165) is 28.8 Å². The van der Waals surface area contributed by atoms with Crippen LogP contribution in [0, 0.1) is 6.92 Å². The molecule has 3 aromatic rings. The van der Waals surface area contributed by atoms with Crippen LogP contribution in [0.5, 0.6) is 0 Å². The van der Waals surface area contributed by atoms with E-state index in [1.165, 1.54) is 0 Å². The van der Waals surface area contributed by atoms with Gasteiger partial charge in [-0.1, -0.05) is 30.3 Å². The minimum atomic E-state index is -0.997. The van der Waals surface area contributed by atoms with Crippen molar-refractivity contribution in [2.24, 2.45) is 0 Å². The summed E-state index contributed by atoms with van der Waals surface area (Å²) >= 11 is 0. The van der Waals surface area contributed by atoms with Gasteiger partial charge in [-0.05, 0) is 42.5 Å². The number of pyridine rings is 1. The van der Waals surface area contributed by atoms with Crippen LogP contribution in [-0.4, -0.2) is 26.9 Å². The minimum Gasteiger partial charge on any atom is -0.383 e. The van der Waals surface area contributed by atoms with Gasteiger partial charge in [0.15, 0.2) is 0 Å². The second-order valence-corrected chi connectivity index (χ2v) is 6.45. The molecule has 4 rings (SSSR count). The number of fused-ring (bicyclic) bond motifs is 2. The van der Waals surface area contributed by atoms with Crippen molar-refractivity contribution in [1.29, 1.82) is 0 Å². The number of aryl methyl sites for hydroxylation is 2. The molecule has 2 heterocycles. The molecule has 0 spiro atoms. The molecule has 0 saturated carbocycles. The summed E-state index contributed by atoms with van der Waals surface area (Å²) in [5, 5.41) is 13.8. The molecular weight excluding hydrogens is 302 g/mol. The molecule has 0 bridgehead atoms. The van der Waals surface area contributed by atoms with E-state index in [2.05, 4.69) is 10.3 Å². The van der Waals surface area contributed by atoms with E-state index < -0.39 is 5.60 Å². The van der Waals surface area contributed by atoms with Crippen molar-refractivity contribution in [2.45, 2.75) is 25.4 Å². The van der Waals surface area contributed by atoms with Gasteiger partial charge in [-0.2, -0.15) is 0 Å². The summed E-state index contributed by atoms with van der Waals surface area (Å²) in [7, 11) is 0. The number of nitrogens with one attached hydrogen (secondary N) is 1. The predicted octanol–water partition coefficient (Wildman–Crippen LogP) is 2.21. The van der Waals surface area contributed by atoms with Gasteiger partial charge in [-0.3, -0.25) is 9.20 Å². The molecule has 1 aliphatic carbocycles.